The highest BCUT2D eigenvalue weighted by Gasteiger charge is 2.38. The second-order valence-corrected chi connectivity index (χ2v) is 6.93. The minimum atomic E-state index is 0.454. The summed E-state index contributed by atoms with van der Waals surface area (Å²) in [5, 5.41) is 3.88. The van der Waals surface area contributed by atoms with Crippen LogP contribution in [0.2, 0.25) is 0 Å². The Morgan fingerprint density at radius 3 is 2.63 bits per heavy atom. The third kappa shape index (κ3) is 3.14. The lowest BCUT2D eigenvalue weighted by atomic mass is 9.90. The molecule has 0 aromatic rings. The monoisotopic (exact) mass is 266 g/mol. The molecule has 1 spiro atoms. The normalized spacial score (nSPS) is 31.4. The van der Waals surface area contributed by atoms with Crippen LogP contribution in [-0.2, 0) is 4.74 Å². The fraction of sp³-hybridized carbons (Fsp3) is 1.00. The van der Waals surface area contributed by atoms with Gasteiger partial charge in [-0.15, -0.1) is 0 Å². The van der Waals surface area contributed by atoms with E-state index in [0.717, 1.165) is 25.2 Å². The number of hydrogen-bond donors (Lipinski definition) is 1. The predicted octanol–water partition coefficient (Wildman–Crippen LogP) is 2.41. The molecule has 1 saturated carbocycles. The van der Waals surface area contributed by atoms with Crippen molar-refractivity contribution in [2.45, 2.75) is 63.5 Å². The molecule has 0 amide bonds. The van der Waals surface area contributed by atoms with Crippen LogP contribution in [0.3, 0.4) is 0 Å². The number of hydrogen-bond acceptors (Lipinski definition) is 3. The SMILES string of the molecule is CC(C1CCOCC1)N1CCCNC2(CCCC2)C1. The van der Waals surface area contributed by atoms with Crippen molar-refractivity contribution in [3.63, 3.8) is 0 Å². The summed E-state index contributed by atoms with van der Waals surface area (Å²) >= 11 is 0. The van der Waals surface area contributed by atoms with E-state index in [0.29, 0.717) is 5.54 Å². The number of rotatable bonds is 2. The molecule has 110 valence electrons. The standard InChI is InChI=1S/C16H30N2O/c1-14(15-5-11-19-12-6-15)18-10-4-9-17-16(13-18)7-2-3-8-16/h14-15,17H,2-13H2,1H3. The maximum Gasteiger partial charge on any atom is 0.0469 e. The van der Waals surface area contributed by atoms with Gasteiger partial charge in [0.05, 0.1) is 0 Å². The molecule has 3 fully saturated rings. The third-order valence-electron chi connectivity index (χ3n) is 5.71. The number of nitrogens with zero attached hydrogens (tertiary/aromatic N) is 1. The van der Waals surface area contributed by atoms with E-state index >= 15 is 0 Å². The predicted molar refractivity (Wildman–Crippen MR) is 78.4 cm³/mol. The summed E-state index contributed by atoms with van der Waals surface area (Å²) < 4.78 is 5.52. The van der Waals surface area contributed by atoms with Gasteiger partial charge in [0.15, 0.2) is 0 Å². The van der Waals surface area contributed by atoms with Crippen molar-refractivity contribution in [3.8, 4) is 0 Å². The molecule has 3 nitrogen and oxygen atoms in total. The Morgan fingerprint density at radius 1 is 1.16 bits per heavy atom. The Bertz CT molecular complexity index is 282. The third-order valence-corrected chi connectivity index (χ3v) is 5.71. The van der Waals surface area contributed by atoms with Crippen molar-refractivity contribution in [3.05, 3.63) is 0 Å². The van der Waals surface area contributed by atoms with E-state index in [1.807, 2.05) is 0 Å². The Labute approximate surface area is 118 Å². The first-order valence-electron chi connectivity index (χ1n) is 8.36. The van der Waals surface area contributed by atoms with Crippen LogP contribution in [0.25, 0.3) is 0 Å². The Morgan fingerprint density at radius 2 is 1.89 bits per heavy atom. The molecular formula is C16H30N2O. The first-order chi connectivity index (χ1) is 9.29. The minimum absolute atomic E-state index is 0.454. The van der Waals surface area contributed by atoms with Gasteiger partial charge in [-0.05, 0) is 58.0 Å². The first kappa shape index (κ1) is 13.8. The molecule has 0 bridgehead atoms. The van der Waals surface area contributed by atoms with Crippen molar-refractivity contribution < 1.29 is 4.74 Å². The molecule has 1 aliphatic carbocycles. The zero-order valence-corrected chi connectivity index (χ0v) is 12.5. The van der Waals surface area contributed by atoms with Gasteiger partial charge in [0.1, 0.15) is 0 Å². The van der Waals surface area contributed by atoms with Crippen molar-refractivity contribution in [1.29, 1.82) is 0 Å². The summed E-state index contributed by atoms with van der Waals surface area (Å²) in [6, 6.07) is 0.737. The number of ether oxygens (including phenoxy) is 1. The summed E-state index contributed by atoms with van der Waals surface area (Å²) in [7, 11) is 0. The van der Waals surface area contributed by atoms with Crippen LogP contribution in [0.5, 0.6) is 0 Å². The summed E-state index contributed by atoms with van der Waals surface area (Å²) in [5.74, 6) is 0.852. The maximum atomic E-state index is 5.52. The topological polar surface area (TPSA) is 24.5 Å². The zero-order valence-electron chi connectivity index (χ0n) is 12.5. The van der Waals surface area contributed by atoms with Gasteiger partial charge in [-0.25, -0.2) is 0 Å². The molecule has 1 unspecified atom stereocenters. The molecule has 3 rings (SSSR count). The van der Waals surface area contributed by atoms with Crippen LogP contribution in [0.15, 0.2) is 0 Å². The summed E-state index contributed by atoms with van der Waals surface area (Å²) in [5.41, 5.74) is 0.454. The van der Waals surface area contributed by atoms with E-state index in [1.54, 1.807) is 0 Å². The van der Waals surface area contributed by atoms with E-state index in [9.17, 15) is 0 Å². The van der Waals surface area contributed by atoms with E-state index in [4.69, 9.17) is 4.74 Å². The summed E-state index contributed by atoms with van der Waals surface area (Å²) in [6.45, 7) is 8.21. The average molecular weight is 266 g/mol. The van der Waals surface area contributed by atoms with Gasteiger partial charge in [0, 0.05) is 31.3 Å². The average Bonchev–Trinajstić information content (AvgIpc) is 2.80. The molecule has 2 saturated heterocycles. The zero-order chi connectivity index (χ0) is 13.1. The van der Waals surface area contributed by atoms with Gasteiger partial charge in [-0.3, -0.25) is 4.90 Å². The van der Waals surface area contributed by atoms with E-state index in [1.165, 1.54) is 64.6 Å². The Kier molecular flexibility index (Phi) is 4.45. The highest BCUT2D eigenvalue weighted by atomic mass is 16.5. The van der Waals surface area contributed by atoms with Crippen LogP contribution in [0.4, 0.5) is 0 Å². The smallest absolute Gasteiger partial charge is 0.0469 e. The lowest BCUT2D eigenvalue weighted by Crippen LogP contribution is -2.52. The van der Waals surface area contributed by atoms with Crippen LogP contribution in [-0.4, -0.2) is 49.3 Å². The second kappa shape index (κ2) is 6.11. The molecule has 0 radical (unpaired) electrons. The van der Waals surface area contributed by atoms with Crippen molar-refractivity contribution in [2.75, 3.05) is 32.8 Å². The lowest BCUT2D eigenvalue weighted by Gasteiger charge is -2.40. The van der Waals surface area contributed by atoms with Gasteiger partial charge in [-0.1, -0.05) is 12.8 Å². The van der Waals surface area contributed by atoms with Crippen LogP contribution >= 0.6 is 0 Å². The molecule has 2 heterocycles. The fourth-order valence-electron chi connectivity index (χ4n) is 4.39. The van der Waals surface area contributed by atoms with Gasteiger partial charge in [0.25, 0.3) is 0 Å². The molecule has 1 N–H and O–H groups in total. The van der Waals surface area contributed by atoms with E-state index in [2.05, 4.69) is 17.1 Å². The molecule has 3 aliphatic rings. The van der Waals surface area contributed by atoms with E-state index in [-0.39, 0.29) is 0 Å². The molecule has 2 aliphatic heterocycles. The summed E-state index contributed by atoms with van der Waals surface area (Å²) in [6.07, 6.45) is 9.47. The van der Waals surface area contributed by atoms with E-state index < -0.39 is 0 Å². The minimum Gasteiger partial charge on any atom is -0.381 e. The van der Waals surface area contributed by atoms with Gasteiger partial charge in [-0.2, -0.15) is 0 Å². The summed E-state index contributed by atoms with van der Waals surface area (Å²) in [4.78, 5) is 2.79. The van der Waals surface area contributed by atoms with Crippen LogP contribution < -0.4 is 5.32 Å². The largest absolute Gasteiger partial charge is 0.381 e. The first-order valence-corrected chi connectivity index (χ1v) is 8.36. The highest BCUT2D eigenvalue weighted by molar-refractivity contribution is 4.98. The van der Waals surface area contributed by atoms with Gasteiger partial charge >= 0.3 is 0 Å². The number of nitrogens with one attached hydrogen (secondary N) is 1. The molecule has 19 heavy (non-hydrogen) atoms. The molecule has 0 aromatic heterocycles. The van der Waals surface area contributed by atoms with Gasteiger partial charge < -0.3 is 10.1 Å². The molecular weight excluding hydrogens is 236 g/mol. The highest BCUT2D eigenvalue weighted by Crippen LogP contribution is 2.33. The van der Waals surface area contributed by atoms with Crippen LogP contribution in [0.1, 0.15) is 51.9 Å². The molecule has 1 atom stereocenters. The second-order valence-electron chi connectivity index (χ2n) is 6.93. The Hall–Kier alpha value is -0.120. The quantitative estimate of drug-likeness (QED) is 0.830. The van der Waals surface area contributed by atoms with Gasteiger partial charge in [0.2, 0.25) is 0 Å². The molecule has 0 aromatic carbocycles. The maximum absolute atomic E-state index is 5.52. The Balaban J connectivity index is 1.64. The van der Waals surface area contributed by atoms with Crippen molar-refractivity contribution in [1.82, 2.24) is 10.2 Å². The van der Waals surface area contributed by atoms with Crippen molar-refractivity contribution >= 4 is 0 Å². The van der Waals surface area contributed by atoms with Crippen LogP contribution in [0, 0.1) is 5.92 Å². The lowest BCUT2D eigenvalue weighted by molar-refractivity contribution is 0.0257. The van der Waals surface area contributed by atoms with Crippen molar-refractivity contribution in [2.24, 2.45) is 5.92 Å². The molecule has 3 heteroatoms. The fourth-order valence-corrected chi connectivity index (χ4v) is 4.39.